The molecule has 0 atom stereocenters. The van der Waals surface area contributed by atoms with Crippen LogP contribution in [0.25, 0.3) is 6.08 Å². The highest BCUT2D eigenvalue weighted by Gasteiger charge is 2.00. The van der Waals surface area contributed by atoms with Crippen molar-refractivity contribution in [1.29, 1.82) is 0 Å². The maximum atomic E-state index is 2.18. The van der Waals surface area contributed by atoms with Crippen molar-refractivity contribution in [1.82, 2.24) is 0 Å². The number of benzene rings is 1. The van der Waals surface area contributed by atoms with Crippen LogP contribution < -0.4 is 0 Å². The van der Waals surface area contributed by atoms with Gasteiger partial charge in [0.15, 0.2) is 0 Å². The number of rotatable bonds is 1. The fraction of sp³-hybridized carbons (Fsp3) is 0.429. The van der Waals surface area contributed by atoms with Crippen LogP contribution in [0.4, 0.5) is 0 Å². The Hall–Kier alpha value is -1.04. The van der Waals surface area contributed by atoms with E-state index in [9.17, 15) is 0 Å². The summed E-state index contributed by atoms with van der Waals surface area (Å²) in [5.41, 5.74) is 5.50. The molecule has 14 heavy (non-hydrogen) atoms. The average molecular weight is 190 g/mol. The maximum absolute atomic E-state index is 2.18. The second-order valence-corrected chi connectivity index (χ2v) is 3.24. The molecule has 0 aromatic heterocycles. The van der Waals surface area contributed by atoms with Gasteiger partial charge in [0.2, 0.25) is 0 Å². The molecule has 0 aliphatic heterocycles. The minimum absolute atomic E-state index is 1.36. The summed E-state index contributed by atoms with van der Waals surface area (Å²) >= 11 is 0. The molecule has 0 spiro atoms. The van der Waals surface area contributed by atoms with E-state index in [4.69, 9.17) is 0 Å². The van der Waals surface area contributed by atoms with Crippen LogP contribution in [0.5, 0.6) is 0 Å². The number of allylic oxidation sites excluding steroid dienone is 1. The van der Waals surface area contributed by atoms with Crippen LogP contribution in [0, 0.1) is 20.8 Å². The standard InChI is InChI=1S/C12H16.C2H6/c1-5-6-12-10(3)8-7-9(2)11(12)4;1-2/h5-8H,1-4H3;1-2H3/b6-5-;. The third-order valence-corrected chi connectivity index (χ3v) is 2.34. The first kappa shape index (κ1) is 13.0. The average Bonchev–Trinajstić information content (AvgIpc) is 2.22. The fourth-order valence-electron chi connectivity index (χ4n) is 1.40. The lowest BCUT2D eigenvalue weighted by molar-refractivity contribution is 1.28. The summed E-state index contributed by atoms with van der Waals surface area (Å²) in [7, 11) is 0. The van der Waals surface area contributed by atoms with Crippen molar-refractivity contribution in [2.24, 2.45) is 0 Å². The van der Waals surface area contributed by atoms with Crippen molar-refractivity contribution in [2.75, 3.05) is 0 Å². The smallest absolute Gasteiger partial charge is 0.0199 e. The topological polar surface area (TPSA) is 0 Å². The lowest BCUT2D eigenvalue weighted by atomic mass is 9.98. The first-order valence-electron chi connectivity index (χ1n) is 5.36. The minimum atomic E-state index is 1.36. The molecule has 1 rings (SSSR count). The Labute approximate surface area is 88.7 Å². The molecule has 0 heterocycles. The Morgan fingerprint density at radius 3 is 1.93 bits per heavy atom. The van der Waals surface area contributed by atoms with Gasteiger partial charge in [0.05, 0.1) is 0 Å². The Morgan fingerprint density at radius 1 is 0.929 bits per heavy atom. The molecule has 0 nitrogen and oxygen atoms in total. The van der Waals surface area contributed by atoms with Gasteiger partial charge in [-0.3, -0.25) is 0 Å². The zero-order valence-electron chi connectivity index (χ0n) is 10.3. The van der Waals surface area contributed by atoms with E-state index >= 15 is 0 Å². The van der Waals surface area contributed by atoms with E-state index < -0.39 is 0 Å². The zero-order chi connectivity index (χ0) is 11.1. The summed E-state index contributed by atoms with van der Waals surface area (Å²) < 4.78 is 0. The summed E-state index contributed by atoms with van der Waals surface area (Å²) in [6.45, 7) is 12.5. The van der Waals surface area contributed by atoms with E-state index in [1.54, 1.807) is 0 Å². The van der Waals surface area contributed by atoms with E-state index in [1.165, 1.54) is 22.3 Å². The summed E-state index contributed by atoms with van der Waals surface area (Å²) in [6.07, 6.45) is 4.27. The lowest BCUT2D eigenvalue weighted by Crippen LogP contribution is -1.89. The maximum Gasteiger partial charge on any atom is -0.0199 e. The largest absolute Gasteiger partial charge is 0.0870 e. The molecular formula is C14H22. The minimum Gasteiger partial charge on any atom is -0.0870 e. The molecule has 1 aromatic carbocycles. The Morgan fingerprint density at radius 2 is 1.43 bits per heavy atom. The van der Waals surface area contributed by atoms with Crippen LogP contribution in [-0.4, -0.2) is 0 Å². The molecule has 0 aliphatic rings. The van der Waals surface area contributed by atoms with Crippen molar-refractivity contribution in [3.8, 4) is 0 Å². The fourth-order valence-corrected chi connectivity index (χ4v) is 1.40. The molecule has 0 fully saturated rings. The number of hydrogen-bond donors (Lipinski definition) is 0. The van der Waals surface area contributed by atoms with Crippen LogP contribution in [0.3, 0.4) is 0 Å². The summed E-state index contributed by atoms with van der Waals surface area (Å²) in [4.78, 5) is 0. The van der Waals surface area contributed by atoms with E-state index in [0.717, 1.165) is 0 Å². The van der Waals surface area contributed by atoms with Gasteiger partial charge in [-0.25, -0.2) is 0 Å². The van der Waals surface area contributed by atoms with Crippen LogP contribution in [0.15, 0.2) is 18.2 Å². The van der Waals surface area contributed by atoms with Gasteiger partial charge in [-0.2, -0.15) is 0 Å². The second-order valence-electron chi connectivity index (χ2n) is 3.24. The van der Waals surface area contributed by atoms with Crippen LogP contribution in [0.2, 0.25) is 0 Å². The molecule has 0 radical (unpaired) electrons. The van der Waals surface area contributed by atoms with Gasteiger partial charge in [-0.15, -0.1) is 0 Å². The van der Waals surface area contributed by atoms with Gasteiger partial charge in [-0.1, -0.05) is 38.1 Å². The zero-order valence-corrected chi connectivity index (χ0v) is 10.3. The predicted molar refractivity (Wildman–Crippen MR) is 66.7 cm³/mol. The molecule has 0 heteroatoms. The molecule has 0 bridgehead atoms. The predicted octanol–water partition coefficient (Wildman–Crippen LogP) is 4.67. The molecule has 1 aromatic rings. The van der Waals surface area contributed by atoms with E-state index in [2.05, 4.69) is 52.0 Å². The van der Waals surface area contributed by atoms with Gasteiger partial charge in [0.1, 0.15) is 0 Å². The first-order valence-corrected chi connectivity index (χ1v) is 5.36. The molecule has 0 aliphatic carbocycles. The lowest BCUT2D eigenvalue weighted by Gasteiger charge is -2.07. The van der Waals surface area contributed by atoms with Crippen LogP contribution in [0.1, 0.15) is 43.0 Å². The van der Waals surface area contributed by atoms with Crippen molar-refractivity contribution < 1.29 is 0 Å². The molecular weight excluding hydrogens is 168 g/mol. The molecule has 0 saturated heterocycles. The van der Waals surface area contributed by atoms with E-state index in [1.807, 2.05) is 13.8 Å². The quantitative estimate of drug-likeness (QED) is 0.603. The number of aryl methyl sites for hydroxylation is 2. The van der Waals surface area contributed by atoms with Crippen molar-refractivity contribution in [3.05, 3.63) is 40.5 Å². The normalized spacial score (nSPS) is 9.86. The highest BCUT2D eigenvalue weighted by molar-refractivity contribution is 5.59. The van der Waals surface area contributed by atoms with Crippen molar-refractivity contribution in [2.45, 2.75) is 41.5 Å². The monoisotopic (exact) mass is 190 g/mol. The summed E-state index contributed by atoms with van der Waals surface area (Å²) in [5.74, 6) is 0. The van der Waals surface area contributed by atoms with Gasteiger partial charge in [-0.05, 0) is 49.9 Å². The molecule has 0 N–H and O–H groups in total. The first-order chi connectivity index (χ1) is 6.66. The molecule has 0 unspecified atom stereocenters. The van der Waals surface area contributed by atoms with Gasteiger partial charge in [0.25, 0.3) is 0 Å². The van der Waals surface area contributed by atoms with Gasteiger partial charge < -0.3 is 0 Å². The van der Waals surface area contributed by atoms with Crippen molar-refractivity contribution in [3.63, 3.8) is 0 Å². The summed E-state index contributed by atoms with van der Waals surface area (Å²) in [6, 6.07) is 4.36. The van der Waals surface area contributed by atoms with Crippen LogP contribution >= 0.6 is 0 Å². The third kappa shape index (κ3) is 3.02. The van der Waals surface area contributed by atoms with Crippen molar-refractivity contribution >= 4 is 6.08 Å². The Kier molecular flexibility index (Phi) is 5.94. The highest BCUT2D eigenvalue weighted by atomic mass is 14.0. The number of hydrogen-bond acceptors (Lipinski definition) is 0. The molecule has 0 saturated carbocycles. The van der Waals surface area contributed by atoms with E-state index in [0.29, 0.717) is 0 Å². The van der Waals surface area contributed by atoms with Gasteiger partial charge >= 0.3 is 0 Å². The molecule has 0 amide bonds. The Bertz CT molecular complexity index is 306. The van der Waals surface area contributed by atoms with E-state index in [-0.39, 0.29) is 0 Å². The Balaban J connectivity index is 0.000000791. The highest BCUT2D eigenvalue weighted by Crippen LogP contribution is 2.18. The summed E-state index contributed by atoms with van der Waals surface area (Å²) in [5, 5.41) is 0. The SMILES string of the molecule is C/C=C\c1c(C)ccc(C)c1C.CC. The third-order valence-electron chi connectivity index (χ3n) is 2.34. The van der Waals surface area contributed by atoms with Crippen LogP contribution in [-0.2, 0) is 0 Å². The van der Waals surface area contributed by atoms with Gasteiger partial charge in [0, 0.05) is 0 Å². The second kappa shape index (κ2) is 6.42. The molecule has 78 valence electrons.